The number of nitrogens with one attached hydrogen (secondary N) is 1. The first kappa shape index (κ1) is 14.9. The van der Waals surface area contributed by atoms with Crippen LogP contribution in [0.5, 0.6) is 5.75 Å². The number of nitrogens with two attached hydrogens (primary N) is 1. The number of ether oxygens (including phenoxy) is 1. The van der Waals surface area contributed by atoms with E-state index in [1.807, 2.05) is 43.3 Å². The van der Waals surface area contributed by atoms with Crippen LogP contribution in [0, 0.1) is 6.92 Å². The Labute approximate surface area is 124 Å². The first-order chi connectivity index (χ1) is 10.1. The molecular formula is C17H20N2O2. The number of carbonyl (C=O) groups excluding carboxylic acids is 1. The highest BCUT2D eigenvalue weighted by molar-refractivity contribution is 6.08. The minimum Gasteiger partial charge on any atom is -0.494 e. The molecule has 0 aliphatic rings. The van der Waals surface area contributed by atoms with Crippen molar-refractivity contribution in [2.45, 2.75) is 20.3 Å². The monoisotopic (exact) mass is 284 g/mol. The van der Waals surface area contributed by atoms with Crippen LogP contribution in [0.25, 0.3) is 0 Å². The standard InChI is InChI=1S/C17H20N2O2/c1-3-11-21-14-9-7-13(8-10-14)19-17(20)15-6-4-5-12(2)16(15)18/h4-10H,3,11,18H2,1-2H3,(H,19,20). The highest BCUT2D eigenvalue weighted by Gasteiger charge is 2.11. The van der Waals surface area contributed by atoms with Gasteiger partial charge >= 0.3 is 0 Å². The summed E-state index contributed by atoms with van der Waals surface area (Å²) in [5, 5.41) is 2.84. The van der Waals surface area contributed by atoms with E-state index in [2.05, 4.69) is 12.2 Å². The Hall–Kier alpha value is -2.49. The van der Waals surface area contributed by atoms with Crippen molar-refractivity contribution in [3.8, 4) is 5.75 Å². The van der Waals surface area contributed by atoms with E-state index in [9.17, 15) is 4.79 Å². The fourth-order valence-electron chi connectivity index (χ4n) is 1.93. The lowest BCUT2D eigenvalue weighted by Crippen LogP contribution is -2.14. The molecule has 4 nitrogen and oxygen atoms in total. The van der Waals surface area contributed by atoms with Gasteiger partial charge in [-0.2, -0.15) is 0 Å². The largest absolute Gasteiger partial charge is 0.494 e. The smallest absolute Gasteiger partial charge is 0.257 e. The molecular weight excluding hydrogens is 264 g/mol. The van der Waals surface area contributed by atoms with Crippen LogP contribution < -0.4 is 15.8 Å². The Morgan fingerprint density at radius 1 is 1.19 bits per heavy atom. The molecule has 3 N–H and O–H groups in total. The van der Waals surface area contributed by atoms with Gasteiger partial charge in [-0.25, -0.2) is 0 Å². The van der Waals surface area contributed by atoms with Gasteiger partial charge in [0.25, 0.3) is 5.91 Å². The molecule has 4 heteroatoms. The van der Waals surface area contributed by atoms with Crippen molar-refractivity contribution >= 4 is 17.3 Å². The highest BCUT2D eigenvalue weighted by atomic mass is 16.5. The molecule has 2 aromatic rings. The van der Waals surface area contributed by atoms with Gasteiger partial charge in [-0.3, -0.25) is 4.79 Å². The van der Waals surface area contributed by atoms with Gasteiger partial charge in [0.15, 0.2) is 0 Å². The summed E-state index contributed by atoms with van der Waals surface area (Å²) < 4.78 is 5.50. The quantitative estimate of drug-likeness (QED) is 0.824. The maximum absolute atomic E-state index is 12.2. The van der Waals surface area contributed by atoms with Crippen molar-refractivity contribution in [2.75, 3.05) is 17.7 Å². The predicted octanol–water partition coefficient (Wildman–Crippen LogP) is 3.62. The van der Waals surface area contributed by atoms with Crippen LogP contribution in [0.2, 0.25) is 0 Å². The summed E-state index contributed by atoms with van der Waals surface area (Å²) in [6, 6.07) is 12.7. The number of carbonyl (C=O) groups is 1. The van der Waals surface area contributed by atoms with Crippen molar-refractivity contribution in [3.05, 3.63) is 53.6 Å². The van der Waals surface area contributed by atoms with Crippen molar-refractivity contribution in [1.82, 2.24) is 0 Å². The normalized spacial score (nSPS) is 10.2. The number of amides is 1. The van der Waals surface area contributed by atoms with Crippen LogP contribution >= 0.6 is 0 Å². The maximum Gasteiger partial charge on any atom is 0.257 e. The van der Waals surface area contributed by atoms with Crippen LogP contribution in [-0.2, 0) is 0 Å². The number of hydrogen-bond donors (Lipinski definition) is 2. The zero-order chi connectivity index (χ0) is 15.2. The Bertz CT molecular complexity index is 621. The van der Waals surface area contributed by atoms with Crippen molar-refractivity contribution in [3.63, 3.8) is 0 Å². The molecule has 0 radical (unpaired) electrons. The summed E-state index contributed by atoms with van der Waals surface area (Å²) in [6.45, 7) is 4.62. The van der Waals surface area contributed by atoms with E-state index in [-0.39, 0.29) is 5.91 Å². The second-order valence-corrected chi connectivity index (χ2v) is 4.86. The lowest BCUT2D eigenvalue weighted by molar-refractivity contribution is 0.102. The summed E-state index contributed by atoms with van der Waals surface area (Å²) in [5.74, 6) is 0.586. The maximum atomic E-state index is 12.2. The van der Waals surface area contributed by atoms with E-state index >= 15 is 0 Å². The number of anilines is 2. The molecule has 0 saturated heterocycles. The van der Waals surface area contributed by atoms with Crippen molar-refractivity contribution < 1.29 is 9.53 Å². The zero-order valence-electron chi connectivity index (χ0n) is 12.3. The molecule has 0 aliphatic heterocycles. The number of benzene rings is 2. The predicted molar refractivity (Wildman–Crippen MR) is 85.8 cm³/mol. The van der Waals surface area contributed by atoms with Gasteiger partial charge in [0.1, 0.15) is 5.75 Å². The van der Waals surface area contributed by atoms with Crippen LogP contribution in [0.4, 0.5) is 11.4 Å². The number of nitrogen functional groups attached to an aromatic ring is 1. The minimum atomic E-state index is -0.210. The van der Waals surface area contributed by atoms with Crippen LogP contribution in [-0.4, -0.2) is 12.5 Å². The lowest BCUT2D eigenvalue weighted by atomic mass is 10.1. The van der Waals surface area contributed by atoms with Crippen LogP contribution in [0.15, 0.2) is 42.5 Å². The molecule has 0 aliphatic carbocycles. The third-order valence-corrected chi connectivity index (χ3v) is 3.15. The third kappa shape index (κ3) is 3.75. The van der Waals surface area contributed by atoms with Gasteiger partial charge in [0, 0.05) is 11.4 Å². The zero-order valence-corrected chi connectivity index (χ0v) is 12.3. The molecule has 21 heavy (non-hydrogen) atoms. The second kappa shape index (κ2) is 6.79. The van der Waals surface area contributed by atoms with Gasteiger partial charge in [-0.1, -0.05) is 19.1 Å². The van der Waals surface area contributed by atoms with Crippen LogP contribution in [0.3, 0.4) is 0 Å². The molecule has 0 unspecified atom stereocenters. The molecule has 110 valence electrons. The topological polar surface area (TPSA) is 64.3 Å². The number of aryl methyl sites for hydroxylation is 1. The average molecular weight is 284 g/mol. The molecule has 2 rings (SSSR count). The first-order valence-corrected chi connectivity index (χ1v) is 7.01. The summed E-state index contributed by atoms with van der Waals surface area (Å²) in [6.07, 6.45) is 0.963. The van der Waals surface area contributed by atoms with Gasteiger partial charge in [0.2, 0.25) is 0 Å². The summed E-state index contributed by atoms with van der Waals surface area (Å²) in [5.41, 5.74) is 8.54. The Kier molecular flexibility index (Phi) is 4.82. The van der Waals surface area contributed by atoms with Crippen molar-refractivity contribution in [1.29, 1.82) is 0 Å². The number of hydrogen-bond acceptors (Lipinski definition) is 3. The summed E-state index contributed by atoms with van der Waals surface area (Å²) in [7, 11) is 0. The molecule has 0 saturated carbocycles. The van der Waals surface area contributed by atoms with E-state index in [4.69, 9.17) is 10.5 Å². The Balaban J connectivity index is 2.07. The van der Waals surface area contributed by atoms with Gasteiger partial charge in [0.05, 0.1) is 12.2 Å². The number of rotatable bonds is 5. The second-order valence-electron chi connectivity index (χ2n) is 4.86. The van der Waals surface area contributed by atoms with E-state index in [0.29, 0.717) is 23.5 Å². The molecule has 0 spiro atoms. The molecule has 0 bridgehead atoms. The molecule has 0 heterocycles. The SMILES string of the molecule is CCCOc1ccc(NC(=O)c2cccc(C)c2N)cc1. The molecule has 0 atom stereocenters. The van der Waals surface area contributed by atoms with Gasteiger partial charge in [-0.15, -0.1) is 0 Å². The summed E-state index contributed by atoms with van der Waals surface area (Å²) in [4.78, 5) is 12.2. The first-order valence-electron chi connectivity index (χ1n) is 7.01. The van der Waals surface area contributed by atoms with Crippen LogP contribution in [0.1, 0.15) is 29.3 Å². The minimum absolute atomic E-state index is 0.210. The van der Waals surface area contributed by atoms with Gasteiger partial charge in [-0.05, 0) is 49.2 Å². The number of para-hydroxylation sites is 1. The van der Waals surface area contributed by atoms with Crippen molar-refractivity contribution in [2.24, 2.45) is 0 Å². The Morgan fingerprint density at radius 2 is 1.90 bits per heavy atom. The van der Waals surface area contributed by atoms with E-state index in [1.165, 1.54) is 0 Å². The van der Waals surface area contributed by atoms with E-state index in [0.717, 1.165) is 17.7 Å². The average Bonchev–Trinajstić information content (AvgIpc) is 2.49. The lowest BCUT2D eigenvalue weighted by Gasteiger charge is -2.10. The van der Waals surface area contributed by atoms with E-state index < -0.39 is 0 Å². The summed E-state index contributed by atoms with van der Waals surface area (Å²) >= 11 is 0. The highest BCUT2D eigenvalue weighted by Crippen LogP contribution is 2.20. The molecule has 0 fully saturated rings. The molecule has 1 amide bonds. The fourth-order valence-corrected chi connectivity index (χ4v) is 1.93. The molecule has 0 aromatic heterocycles. The van der Waals surface area contributed by atoms with Gasteiger partial charge < -0.3 is 15.8 Å². The fraction of sp³-hybridized carbons (Fsp3) is 0.235. The Morgan fingerprint density at radius 3 is 2.57 bits per heavy atom. The third-order valence-electron chi connectivity index (χ3n) is 3.15. The molecule has 2 aromatic carbocycles. The van der Waals surface area contributed by atoms with E-state index in [1.54, 1.807) is 6.07 Å².